The molecule has 2 aromatic rings. The van der Waals surface area contributed by atoms with E-state index in [1.165, 1.54) is 25.1 Å². The fourth-order valence-corrected chi connectivity index (χ4v) is 2.20. The zero-order valence-electron chi connectivity index (χ0n) is 14.5. The molecule has 1 amide bonds. The van der Waals surface area contributed by atoms with Gasteiger partial charge in [-0.1, -0.05) is 5.21 Å². The molecule has 8 nitrogen and oxygen atoms in total. The molecule has 0 spiro atoms. The normalized spacial score (nSPS) is 11.1. The number of ether oxygens (including phenoxy) is 2. The van der Waals surface area contributed by atoms with Gasteiger partial charge in [-0.25, -0.2) is 4.79 Å². The minimum Gasteiger partial charge on any atom is -0.496 e. The number of aromatic nitrogens is 3. The number of methoxy groups -OCH3 is 2. The van der Waals surface area contributed by atoms with Gasteiger partial charge < -0.3 is 14.8 Å². The third-order valence-electron chi connectivity index (χ3n) is 3.56. The number of amides is 1. The molecule has 0 unspecified atom stereocenters. The third-order valence-corrected chi connectivity index (χ3v) is 3.56. The summed E-state index contributed by atoms with van der Waals surface area (Å²) in [6.07, 6.45) is -2.66. The minimum absolute atomic E-state index is 0.000710. The third kappa shape index (κ3) is 5.19. The van der Waals surface area contributed by atoms with Crippen molar-refractivity contribution in [2.24, 2.45) is 0 Å². The number of esters is 1. The molecule has 1 N–H and O–H groups in total. The highest BCUT2D eigenvalue weighted by molar-refractivity contribution is 5.97. The van der Waals surface area contributed by atoms with Crippen LogP contribution in [0.15, 0.2) is 24.4 Å². The van der Waals surface area contributed by atoms with Crippen molar-refractivity contribution in [3.63, 3.8) is 0 Å². The zero-order valence-corrected chi connectivity index (χ0v) is 14.5. The summed E-state index contributed by atoms with van der Waals surface area (Å²) < 4.78 is 49.0. The van der Waals surface area contributed by atoms with Crippen molar-refractivity contribution in [1.82, 2.24) is 20.3 Å². The van der Waals surface area contributed by atoms with E-state index in [4.69, 9.17) is 4.74 Å². The Kier molecular flexibility index (Phi) is 6.37. The van der Waals surface area contributed by atoms with Gasteiger partial charge in [-0.15, -0.1) is 5.10 Å². The molecule has 0 saturated carbocycles. The summed E-state index contributed by atoms with van der Waals surface area (Å²) in [6.45, 7) is 0.602. The quantitative estimate of drug-likeness (QED) is 0.577. The molecular weight excluding hydrogens is 369 g/mol. The van der Waals surface area contributed by atoms with Crippen molar-refractivity contribution >= 4 is 11.9 Å². The molecule has 0 radical (unpaired) electrons. The van der Waals surface area contributed by atoms with Gasteiger partial charge in [0.05, 0.1) is 31.5 Å². The van der Waals surface area contributed by atoms with Gasteiger partial charge in [-0.2, -0.15) is 13.2 Å². The highest BCUT2D eigenvalue weighted by Crippen LogP contribution is 2.33. The lowest BCUT2D eigenvalue weighted by molar-refractivity contribution is -0.137. The van der Waals surface area contributed by atoms with E-state index in [-0.39, 0.29) is 23.6 Å². The summed E-state index contributed by atoms with van der Waals surface area (Å²) in [7, 11) is 2.42. The number of carbonyl (C=O) groups excluding carboxylic acids is 2. The maximum absolute atomic E-state index is 12.7. The van der Waals surface area contributed by atoms with Gasteiger partial charge in [0, 0.05) is 13.1 Å². The van der Waals surface area contributed by atoms with E-state index in [0.29, 0.717) is 13.0 Å². The maximum Gasteiger partial charge on any atom is 0.416 e. The lowest BCUT2D eigenvalue weighted by Crippen LogP contribution is -2.26. The molecule has 0 saturated heterocycles. The molecule has 0 aliphatic rings. The van der Waals surface area contributed by atoms with E-state index in [2.05, 4.69) is 20.4 Å². The van der Waals surface area contributed by atoms with Crippen LogP contribution in [0.1, 0.15) is 32.8 Å². The molecule has 1 aromatic heterocycles. The SMILES string of the molecule is COC(=O)c1cn(CCCNC(=O)c2ccc(C(F)(F)F)cc2OC)nn1. The van der Waals surface area contributed by atoms with Gasteiger partial charge in [-0.3, -0.25) is 9.48 Å². The van der Waals surface area contributed by atoms with Crippen LogP contribution in [0.3, 0.4) is 0 Å². The van der Waals surface area contributed by atoms with Crippen LogP contribution in [0, 0.1) is 0 Å². The van der Waals surface area contributed by atoms with E-state index in [0.717, 1.165) is 18.2 Å². The van der Waals surface area contributed by atoms with Crippen LogP contribution in [0.2, 0.25) is 0 Å². The van der Waals surface area contributed by atoms with Crippen LogP contribution in [-0.2, 0) is 17.5 Å². The van der Waals surface area contributed by atoms with Crippen LogP contribution in [0.4, 0.5) is 13.2 Å². The largest absolute Gasteiger partial charge is 0.496 e. The lowest BCUT2D eigenvalue weighted by Gasteiger charge is -2.12. The predicted octanol–water partition coefficient (Wildman–Crippen LogP) is 1.91. The Morgan fingerprint density at radius 1 is 1.26 bits per heavy atom. The summed E-state index contributed by atoms with van der Waals surface area (Å²) in [5.41, 5.74) is -0.834. The molecule has 0 bridgehead atoms. The number of nitrogens with zero attached hydrogens (tertiary/aromatic N) is 3. The highest BCUT2D eigenvalue weighted by atomic mass is 19.4. The smallest absolute Gasteiger partial charge is 0.416 e. The number of carbonyl (C=O) groups is 2. The Morgan fingerprint density at radius 3 is 2.63 bits per heavy atom. The number of benzene rings is 1. The van der Waals surface area contributed by atoms with Crippen LogP contribution in [0.5, 0.6) is 5.75 Å². The Morgan fingerprint density at radius 2 is 2.00 bits per heavy atom. The van der Waals surface area contributed by atoms with E-state index >= 15 is 0 Å². The Labute approximate surface area is 152 Å². The molecule has 146 valence electrons. The summed E-state index contributed by atoms with van der Waals surface area (Å²) in [4.78, 5) is 23.4. The highest BCUT2D eigenvalue weighted by Gasteiger charge is 2.31. The summed E-state index contributed by atoms with van der Waals surface area (Å²) in [5, 5.41) is 9.98. The molecule has 1 heterocycles. The fourth-order valence-electron chi connectivity index (χ4n) is 2.20. The first kappa shape index (κ1) is 20.2. The van der Waals surface area contributed by atoms with E-state index < -0.39 is 23.6 Å². The molecule has 0 aliphatic heterocycles. The van der Waals surface area contributed by atoms with Gasteiger partial charge in [0.1, 0.15) is 5.75 Å². The van der Waals surface area contributed by atoms with Gasteiger partial charge in [0.25, 0.3) is 5.91 Å². The molecule has 0 atom stereocenters. The Bertz CT molecular complexity index is 820. The number of alkyl halides is 3. The molecule has 27 heavy (non-hydrogen) atoms. The predicted molar refractivity (Wildman–Crippen MR) is 86.3 cm³/mol. The average Bonchev–Trinajstić information content (AvgIpc) is 3.12. The summed E-state index contributed by atoms with van der Waals surface area (Å²) in [5.74, 6) is -1.33. The standard InChI is InChI=1S/C16H17F3N4O4/c1-26-13-8-10(16(17,18)19)4-5-11(13)14(24)20-6-3-7-23-9-12(21-22-23)15(25)27-2/h4-5,8-9H,3,6-7H2,1-2H3,(H,20,24). The number of aryl methyl sites for hydroxylation is 1. The molecule has 1 aromatic carbocycles. The second-order valence-electron chi connectivity index (χ2n) is 5.38. The van der Waals surface area contributed by atoms with Crippen molar-refractivity contribution < 1.29 is 32.2 Å². The molecule has 0 aliphatic carbocycles. The Hall–Kier alpha value is -3.11. The van der Waals surface area contributed by atoms with Gasteiger partial charge in [0.2, 0.25) is 0 Å². The van der Waals surface area contributed by atoms with Crippen LogP contribution >= 0.6 is 0 Å². The average molecular weight is 386 g/mol. The van der Waals surface area contributed by atoms with E-state index in [1.54, 1.807) is 0 Å². The number of nitrogens with one attached hydrogen (secondary N) is 1. The van der Waals surface area contributed by atoms with Crippen molar-refractivity contribution in [1.29, 1.82) is 0 Å². The monoisotopic (exact) mass is 386 g/mol. The van der Waals surface area contributed by atoms with Gasteiger partial charge >= 0.3 is 12.1 Å². The zero-order chi connectivity index (χ0) is 20.0. The second-order valence-corrected chi connectivity index (χ2v) is 5.38. The first-order valence-electron chi connectivity index (χ1n) is 7.78. The molecule has 0 fully saturated rings. The molecular formula is C16H17F3N4O4. The first-order chi connectivity index (χ1) is 12.8. The fraction of sp³-hybridized carbons (Fsp3) is 0.375. The van der Waals surface area contributed by atoms with Crippen molar-refractivity contribution in [2.75, 3.05) is 20.8 Å². The maximum atomic E-state index is 12.7. The Balaban J connectivity index is 1.90. The molecule has 2 rings (SSSR count). The number of halogens is 3. The van der Waals surface area contributed by atoms with Crippen LogP contribution in [-0.4, -0.2) is 47.6 Å². The van der Waals surface area contributed by atoms with Crippen LogP contribution < -0.4 is 10.1 Å². The second kappa shape index (κ2) is 8.52. The summed E-state index contributed by atoms with van der Waals surface area (Å²) in [6, 6.07) is 2.66. The van der Waals surface area contributed by atoms with Crippen LogP contribution in [0.25, 0.3) is 0 Å². The van der Waals surface area contributed by atoms with E-state index in [1.807, 2.05) is 0 Å². The summed E-state index contributed by atoms with van der Waals surface area (Å²) >= 11 is 0. The molecule has 11 heteroatoms. The van der Waals surface area contributed by atoms with Crippen molar-refractivity contribution in [3.8, 4) is 5.75 Å². The topological polar surface area (TPSA) is 95.3 Å². The van der Waals surface area contributed by atoms with Gasteiger partial charge in [-0.05, 0) is 24.6 Å². The van der Waals surface area contributed by atoms with E-state index in [9.17, 15) is 22.8 Å². The van der Waals surface area contributed by atoms with Crippen molar-refractivity contribution in [2.45, 2.75) is 19.1 Å². The minimum atomic E-state index is -4.52. The lowest BCUT2D eigenvalue weighted by atomic mass is 10.1. The van der Waals surface area contributed by atoms with Gasteiger partial charge in [0.15, 0.2) is 5.69 Å². The first-order valence-corrected chi connectivity index (χ1v) is 7.78. The van der Waals surface area contributed by atoms with Crippen molar-refractivity contribution in [3.05, 3.63) is 41.2 Å². The number of hydrogen-bond acceptors (Lipinski definition) is 6. The number of hydrogen-bond donors (Lipinski definition) is 1. The number of rotatable bonds is 7.